The van der Waals surface area contributed by atoms with E-state index in [0.29, 0.717) is 13.1 Å². The average Bonchev–Trinajstić information content (AvgIpc) is 3.06. The molecular formula is C17H17N3O3. The Labute approximate surface area is 133 Å². The Kier molecular flexibility index (Phi) is 2.36. The van der Waals surface area contributed by atoms with E-state index in [0.717, 1.165) is 12.1 Å². The number of hydrogen-bond acceptors (Lipinski definition) is 3. The number of aliphatic hydroxyl groups excluding tert-OH is 1. The van der Waals surface area contributed by atoms with Gasteiger partial charge in [-0.25, -0.2) is 9.78 Å². The molecule has 1 aliphatic carbocycles. The highest BCUT2D eigenvalue weighted by Gasteiger charge is 2.63. The second-order valence-corrected chi connectivity index (χ2v) is 7.03. The normalized spacial score (nSPS) is 29.6. The van der Waals surface area contributed by atoms with Gasteiger partial charge in [-0.05, 0) is 12.0 Å². The molecule has 3 heterocycles. The Morgan fingerprint density at radius 2 is 2.09 bits per heavy atom. The standard InChI is InChI=1S/C17H17N3O3/c21-15-12(5-17(15)7-19(8-17)16(22)23)14-11-4-2-1-3-10(11)13-6-18-9-20(13)14/h1-4,6,9,12,14-15,21H,5,7-8H2,(H,22,23)/t12-,14+,15+/m1/s1. The molecule has 3 atom stereocenters. The van der Waals surface area contributed by atoms with Gasteiger partial charge in [-0.3, -0.25) is 0 Å². The molecule has 6 nitrogen and oxygen atoms in total. The van der Waals surface area contributed by atoms with Gasteiger partial charge in [-0.2, -0.15) is 0 Å². The number of carboxylic acid groups (broad SMARTS) is 1. The van der Waals surface area contributed by atoms with Gasteiger partial charge in [0.2, 0.25) is 0 Å². The highest BCUT2D eigenvalue weighted by molar-refractivity contribution is 5.69. The van der Waals surface area contributed by atoms with Gasteiger partial charge in [0.05, 0.1) is 30.4 Å². The van der Waals surface area contributed by atoms with E-state index in [1.165, 1.54) is 16.0 Å². The van der Waals surface area contributed by atoms with Gasteiger partial charge in [-0.1, -0.05) is 24.3 Å². The number of rotatable bonds is 1. The topological polar surface area (TPSA) is 78.6 Å². The van der Waals surface area contributed by atoms with Crippen LogP contribution in [0.15, 0.2) is 36.8 Å². The number of hydrogen-bond donors (Lipinski definition) is 2. The van der Waals surface area contributed by atoms with E-state index in [1.54, 1.807) is 0 Å². The first-order chi connectivity index (χ1) is 11.1. The Morgan fingerprint density at radius 3 is 2.83 bits per heavy atom. The molecule has 2 N–H and O–H groups in total. The molecule has 2 aromatic rings. The molecule has 5 rings (SSSR count). The molecule has 1 aromatic heterocycles. The molecule has 0 unspecified atom stereocenters. The monoisotopic (exact) mass is 311 g/mol. The largest absolute Gasteiger partial charge is 0.465 e. The summed E-state index contributed by atoms with van der Waals surface area (Å²) in [5.74, 6) is 0.113. The molecule has 1 aromatic carbocycles. The van der Waals surface area contributed by atoms with Gasteiger partial charge >= 0.3 is 6.09 Å². The summed E-state index contributed by atoms with van der Waals surface area (Å²) in [5.41, 5.74) is 3.28. The van der Waals surface area contributed by atoms with Crippen molar-refractivity contribution in [3.8, 4) is 11.3 Å². The van der Waals surface area contributed by atoms with E-state index in [1.807, 2.05) is 24.7 Å². The zero-order valence-electron chi connectivity index (χ0n) is 12.5. The molecule has 2 aliphatic heterocycles. The number of aliphatic hydroxyl groups is 1. The molecule has 0 radical (unpaired) electrons. The van der Waals surface area contributed by atoms with Crippen molar-refractivity contribution >= 4 is 6.09 Å². The minimum Gasteiger partial charge on any atom is -0.465 e. The van der Waals surface area contributed by atoms with Crippen LogP contribution in [-0.2, 0) is 0 Å². The first kappa shape index (κ1) is 13.1. The molecule has 1 saturated carbocycles. The fraction of sp³-hybridized carbons (Fsp3) is 0.412. The van der Waals surface area contributed by atoms with Crippen LogP contribution in [0.1, 0.15) is 18.0 Å². The Balaban J connectivity index is 1.45. The van der Waals surface area contributed by atoms with E-state index in [2.05, 4.69) is 21.7 Å². The molecule has 2 fully saturated rings. The molecule has 1 amide bonds. The molecule has 6 heteroatoms. The maximum Gasteiger partial charge on any atom is 0.407 e. The van der Waals surface area contributed by atoms with Crippen LogP contribution < -0.4 is 0 Å². The van der Waals surface area contributed by atoms with E-state index >= 15 is 0 Å². The van der Waals surface area contributed by atoms with Crippen LogP contribution in [0, 0.1) is 11.3 Å². The van der Waals surface area contributed by atoms with Crippen molar-refractivity contribution in [1.82, 2.24) is 14.5 Å². The van der Waals surface area contributed by atoms with Crippen molar-refractivity contribution in [2.75, 3.05) is 13.1 Å². The minimum atomic E-state index is -0.894. The maximum atomic E-state index is 11.0. The van der Waals surface area contributed by atoms with E-state index in [-0.39, 0.29) is 17.4 Å². The number of nitrogens with zero attached hydrogens (tertiary/aromatic N) is 3. The maximum absolute atomic E-state index is 11.0. The third-order valence-corrected chi connectivity index (χ3v) is 5.88. The van der Waals surface area contributed by atoms with Crippen LogP contribution in [0.5, 0.6) is 0 Å². The molecule has 23 heavy (non-hydrogen) atoms. The fourth-order valence-electron chi connectivity index (χ4n) is 4.75. The predicted octanol–water partition coefficient (Wildman–Crippen LogP) is 1.81. The van der Waals surface area contributed by atoms with E-state index in [9.17, 15) is 9.90 Å². The molecule has 3 aliphatic rings. The van der Waals surface area contributed by atoms with Crippen molar-refractivity contribution < 1.29 is 15.0 Å². The zero-order valence-corrected chi connectivity index (χ0v) is 12.5. The van der Waals surface area contributed by atoms with E-state index in [4.69, 9.17) is 5.11 Å². The third-order valence-electron chi connectivity index (χ3n) is 5.88. The van der Waals surface area contributed by atoms with Crippen molar-refractivity contribution in [1.29, 1.82) is 0 Å². The van der Waals surface area contributed by atoms with Gasteiger partial charge in [0.15, 0.2) is 0 Å². The SMILES string of the molecule is O=C(O)N1CC2(C[C@H]([C@@H]3c4ccccc4-c4cncn43)[C@@H]2O)C1. The van der Waals surface area contributed by atoms with Gasteiger partial charge in [0.25, 0.3) is 0 Å². The number of likely N-dealkylation sites (tertiary alicyclic amines) is 1. The lowest BCUT2D eigenvalue weighted by Crippen LogP contribution is -2.71. The number of amides is 1. The van der Waals surface area contributed by atoms with Gasteiger partial charge in [0, 0.05) is 30.0 Å². The number of imidazole rings is 1. The summed E-state index contributed by atoms with van der Waals surface area (Å²) in [6.45, 7) is 0.899. The third kappa shape index (κ3) is 1.51. The van der Waals surface area contributed by atoms with Crippen LogP contribution in [0.25, 0.3) is 11.3 Å². The first-order valence-electron chi connectivity index (χ1n) is 7.88. The number of aromatic nitrogens is 2. The number of fused-ring (bicyclic) bond motifs is 3. The van der Waals surface area contributed by atoms with Gasteiger partial charge < -0.3 is 19.7 Å². The predicted molar refractivity (Wildman–Crippen MR) is 81.9 cm³/mol. The van der Waals surface area contributed by atoms with Crippen LogP contribution in [0.2, 0.25) is 0 Å². The molecule has 1 spiro atoms. The summed E-state index contributed by atoms with van der Waals surface area (Å²) in [6, 6.07) is 8.37. The fourth-order valence-corrected chi connectivity index (χ4v) is 4.75. The van der Waals surface area contributed by atoms with Crippen LogP contribution in [0.3, 0.4) is 0 Å². The minimum absolute atomic E-state index is 0.100. The Morgan fingerprint density at radius 1 is 1.30 bits per heavy atom. The summed E-state index contributed by atoms with van der Waals surface area (Å²) in [5, 5.41) is 19.8. The molecular weight excluding hydrogens is 294 g/mol. The number of benzene rings is 1. The van der Waals surface area contributed by atoms with Crippen LogP contribution in [-0.4, -0.2) is 50.0 Å². The molecule has 118 valence electrons. The molecule has 0 bridgehead atoms. The summed E-state index contributed by atoms with van der Waals surface area (Å²) in [4.78, 5) is 16.6. The summed E-state index contributed by atoms with van der Waals surface area (Å²) in [7, 11) is 0. The molecule has 1 saturated heterocycles. The lowest BCUT2D eigenvalue weighted by Gasteiger charge is -2.62. The second kappa shape index (κ2) is 4.14. The average molecular weight is 311 g/mol. The zero-order chi connectivity index (χ0) is 15.8. The van der Waals surface area contributed by atoms with Crippen LogP contribution in [0.4, 0.5) is 4.79 Å². The Hall–Kier alpha value is -2.34. The van der Waals surface area contributed by atoms with Crippen LogP contribution >= 0.6 is 0 Å². The first-order valence-corrected chi connectivity index (χ1v) is 7.88. The van der Waals surface area contributed by atoms with Crippen molar-refractivity contribution in [3.05, 3.63) is 42.4 Å². The quantitative estimate of drug-likeness (QED) is 0.842. The summed E-state index contributed by atoms with van der Waals surface area (Å²) < 4.78 is 2.15. The van der Waals surface area contributed by atoms with Gasteiger partial charge in [0.1, 0.15) is 0 Å². The number of carbonyl (C=O) groups is 1. The Bertz CT molecular complexity index is 809. The second-order valence-electron chi connectivity index (χ2n) is 7.03. The summed E-state index contributed by atoms with van der Waals surface area (Å²) in [6.07, 6.45) is 3.20. The highest BCUT2D eigenvalue weighted by atomic mass is 16.4. The lowest BCUT2D eigenvalue weighted by molar-refractivity contribution is -0.194. The lowest BCUT2D eigenvalue weighted by atomic mass is 9.53. The smallest absolute Gasteiger partial charge is 0.407 e. The van der Waals surface area contributed by atoms with E-state index < -0.39 is 12.2 Å². The highest BCUT2D eigenvalue weighted by Crippen LogP contribution is 2.59. The summed E-state index contributed by atoms with van der Waals surface area (Å²) >= 11 is 0. The van der Waals surface area contributed by atoms with Crippen molar-refractivity contribution in [2.45, 2.75) is 18.6 Å². The van der Waals surface area contributed by atoms with Crippen molar-refractivity contribution in [2.24, 2.45) is 11.3 Å². The van der Waals surface area contributed by atoms with Gasteiger partial charge in [-0.15, -0.1) is 0 Å². The van der Waals surface area contributed by atoms with Crippen molar-refractivity contribution in [3.63, 3.8) is 0 Å².